The Balaban J connectivity index is 2.20. The summed E-state index contributed by atoms with van der Waals surface area (Å²) in [4.78, 5) is 0. The number of benzene rings is 2. The molecule has 0 aromatic heterocycles. The third kappa shape index (κ3) is 2.98. The van der Waals surface area contributed by atoms with Crippen molar-refractivity contribution >= 4 is 12.2 Å². The monoisotopic (exact) mass is 242 g/mol. The molecule has 2 rings (SSSR count). The van der Waals surface area contributed by atoms with Crippen molar-refractivity contribution in [2.24, 2.45) is 0 Å². The van der Waals surface area contributed by atoms with Crippen molar-refractivity contribution < 1.29 is 9.13 Å². The van der Waals surface area contributed by atoms with Gasteiger partial charge in [-0.15, -0.1) is 0 Å². The zero-order valence-corrected chi connectivity index (χ0v) is 10.5. The SMILES string of the molecule is COc1cc(/C=C/c2ccc(F)cc2)ccc1C. The Bertz CT molecular complexity index is 556. The van der Waals surface area contributed by atoms with Crippen molar-refractivity contribution in [3.63, 3.8) is 0 Å². The molecule has 2 heteroatoms. The summed E-state index contributed by atoms with van der Waals surface area (Å²) in [6.45, 7) is 2.01. The van der Waals surface area contributed by atoms with Crippen molar-refractivity contribution in [1.29, 1.82) is 0 Å². The second-order valence-corrected chi connectivity index (χ2v) is 4.11. The molecule has 0 unspecified atom stereocenters. The topological polar surface area (TPSA) is 9.23 Å². The molecule has 0 N–H and O–H groups in total. The Morgan fingerprint density at radius 3 is 2.22 bits per heavy atom. The van der Waals surface area contributed by atoms with Crippen LogP contribution in [0.2, 0.25) is 0 Å². The second kappa shape index (κ2) is 5.50. The average molecular weight is 242 g/mol. The van der Waals surface area contributed by atoms with Gasteiger partial charge in [0.25, 0.3) is 0 Å². The van der Waals surface area contributed by atoms with Crippen LogP contribution in [0.3, 0.4) is 0 Å². The van der Waals surface area contributed by atoms with Crippen LogP contribution < -0.4 is 4.74 Å². The van der Waals surface area contributed by atoms with Crippen molar-refractivity contribution in [3.8, 4) is 5.75 Å². The number of aryl methyl sites for hydroxylation is 1. The van der Waals surface area contributed by atoms with E-state index < -0.39 is 0 Å². The number of methoxy groups -OCH3 is 1. The van der Waals surface area contributed by atoms with Gasteiger partial charge in [0.1, 0.15) is 11.6 Å². The number of ether oxygens (including phenoxy) is 1. The first-order valence-corrected chi connectivity index (χ1v) is 5.77. The Morgan fingerprint density at radius 1 is 0.944 bits per heavy atom. The van der Waals surface area contributed by atoms with Crippen LogP contribution in [0, 0.1) is 12.7 Å². The summed E-state index contributed by atoms with van der Waals surface area (Å²) in [5.41, 5.74) is 3.13. The molecule has 0 heterocycles. The van der Waals surface area contributed by atoms with Gasteiger partial charge in [0.15, 0.2) is 0 Å². The lowest BCUT2D eigenvalue weighted by Crippen LogP contribution is -1.87. The second-order valence-electron chi connectivity index (χ2n) is 4.11. The van der Waals surface area contributed by atoms with E-state index in [1.165, 1.54) is 12.1 Å². The van der Waals surface area contributed by atoms with Gasteiger partial charge in [-0.25, -0.2) is 4.39 Å². The highest BCUT2D eigenvalue weighted by Crippen LogP contribution is 2.20. The van der Waals surface area contributed by atoms with Gasteiger partial charge < -0.3 is 4.74 Å². The minimum absolute atomic E-state index is 0.218. The lowest BCUT2D eigenvalue weighted by Gasteiger charge is -2.04. The quantitative estimate of drug-likeness (QED) is 0.728. The molecule has 18 heavy (non-hydrogen) atoms. The van der Waals surface area contributed by atoms with E-state index in [4.69, 9.17) is 4.74 Å². The van der Waals surface area contributed by atoms with E-state index in [-0.39, 0.29) is 5.82 Å². The van der Waals surface area contributed by atoms with Crippen LogP contribution in [0.15, 0.2) is 42.5 Å². The molecule has 0 aliphatic carbocycles. The summed E-state index contributed by atoms with van der Waals surface area (Å²) < 4.78 is 18.0. The maximum absolute atomic E-state index is 12.8. The van der Waals surface area contributed by atoms with Gasteiger partial charge >= 0.3 is 0 Å². The molecule has 0 aliphatic rings. The van der Waals surface area contributed by atoms with Crippen LogP contribution in [0.1, 0.15) is 16.7 Å². The van der Waals surface area contributed by atoms with Crippen molar-refractivity contribution in [2.75, 3.05) is 7.11 Å². The molecular formula is C16H15FO. The molecule has 2 aromatic carbocycles. The molecule has 0 bridgehead atoms. The summed E-state index contributed by atoms with van der Waals surface area (Å²) in [6.07, 6.45) is 3.93. The van der Waals surface area contributed by atoms with Gasteiger partial charge in [0, 0.05) is 0 Å². The zero-order chi connectivity index (χ0) is 13.0. The van der Waals surface area contributed by atoms with Crippen LogP contribution in [0.4, 0.5) is 4.39 Å². The zero-order valence-electron chi connectivity index (χ0n) is 10.5. The summed E-state index contributed by atoms with van der Waals surface area (Å²) >= 11 is 0. The lowest BCUT2D eigenvalue weighted by atomic mass is 10.1. The predicted octanol–water partition coefficient (Wildman–Crippen LogP) is 4.31. The Kier molecular flexibility index (Phi) is 3.78. The fourth-order valence-corrected chi connectivity index (χ4v) is 1.71. The average Bonchev–Trinajstić information content (AvgIpc) is 2.39. The highest BCUT2D eigenvalue weighted by molar-refractivity contribution is 5.70. The minimum Gasteiger partial charge on any atom is -0.496 e. The lowest BCUT2D eigenvalue weighted by molar-refractivity contribution is 0.411. The molecule has 0 atom stereocenters. The van der Waals surface area contributed by atoms with E-state index in [0.717, 1.165) is 22.4 Å². The summed E-state index contributed by atoms with van der Waals surface area (Å²) in [5, 5.41) is 0. The van der Waals surface area contributed by atoms with Crippen LogP contribution in [0.5, 0.6) is 5.75 Å². The van der Waals surface area contributed by atoms with Gasteiger partial charge in [-0.2, -0.15) is 0 Å². The van der Waals surface area contributed by atoms with E-state index in [9.17, 15) is 4.39 Å². The fourth-order valence-electron chi connectivity index (χ4n) is 1.71. The molecule has 0 radical (unpaired) electrons. The van der Waals surface area contributed by atoms with Crippen molar-refractivity contribution in [1.82, 2.24) is 0 Å². The van der Waals surface area contributed by atoms with E-state index in [1.807, 2.05) is 37.3 Å². The normalized spacial score (nSPS) is 10.8. The van der Waals surface area contributed by atoms with Crippen LogP contribution in [0.25, 0.3) is 12.2 Å². The van der Waals surface area contributed by atoms with Crippen LogP contribution in [-0.2, 0) is 0 Å². The molecule has 1 nitrogen and oxygen atoms in total. The smallest absolute Gasteiger partial charge is 0.123 e. The van der Waals surface area contributed by atoms with E-state index in [1.54, 1.807) is 19.2 Å². The van der Waals surface area contributed by atoms with Gasteiger partial charge in [-0.1, -0.05) is 36.4 Å². The Hall–Kier alpha value is -2.09. The molecule has 0 fully saturated rings. The summed E-state index contributed by atoms with van der Waals surface area (Å²) in [5.74, 6) is 0.653. The number of hydrogen-bond donors (Lipinski definition) is 0. The Labute approximate surface area is 107 Å². The third-order valence-electron chi connectivity index (χ3n) is 2.77. The maximum Gasteiger partial charge on any atom is 0.123 e. The van der Waals surface area contributed by atoms with Crippen LogP contribution >= 0.6 is 0 Å². The Morgan fingerprint density at radius 2 is 1.56 bits per heavy atom. The van der Waals surface area contributed by atoms with Gasteiger partial charge in [-0.3, -0.25) is 0 Å². The molecule has 0 amide bonds. The third-order valence-corrected chi connectivity index (χ3v) is 2.77. The van der Waals surface area contributed by atoms with Crippen LogP contribution in [-0.4, -0.2) is 7.11 Å². The molecule has 0 saturated carbocycles. The van der Waals surface area contributed by atoms with Crippen molar-refractivity contribution in [2.45, 2.75) is 6.92 Å². The molecule has 92 valence electrons. The standard InChI is InChI=1S/C16H15FO/c1-12-3-4-14(11-16(12)18-2)6-5-13-7-9-15(17)10-8-13/h3-11H,1-2H3/b6-5+. The first-order chi connectivity index (χ1) is 8.69. The van der Waals surface area contributed by atoms with E-state index in [2.05, 4.69) is 0 Å². The van der Waals surface area contributed by atoms with Gasteiger partial charge in [0.05, 0.1) is 7.11 Å². The highest BCUT2D eigenvalue weighted by Gasteiger charge is 1.97. The first-order valence-electron chi connectivity index (χ1n) is 5.77. The largest absolute Gasteiger partial charge is 0.496 e. The molecule has 0 saturated heterocycles. The molecular weight excluding hydrogens is 227 g/mol. The van der Waals surface area contributed by atoms with Gasteiger partial charge in [-0.05, 0) is 41.8 Å². The summed E-state index contributed by atoms with van der Waals surface area (Å²) in [7, 11) is 1.66. The van der Waals surface area contributed by atoms with Gasteiger partial charge in [0.2, 0.25) is 0 Å². The first kappa shape index (κ1) is 12.4. The molecule has 2 aromatic rings. The van der Waals surface area contributed by atoms with Crippen molar-refractivity contribution in [3.05, 3.63) is 65.0 Å². The van der Waals surface area contributed by atoms with E-state index >= 15 is 0 Å². The number of halogens is 1. The number of rotatable bonds is 3. The maximum atomic E-state index is 12.8. The predicted molar refractivity (Wildman–Crippen MR) is 73.1 cm³/mol. The molecule has 0 spiro atoms. The van der Waals surface area contributed by atoms with E-state index in [0.29, 0.717) is 0 Å². The fraction of sp³-hybridized carbons (Fsp3) is 0.125. The highest BCUT2D eigenvalue weighted by atomic mass is 19.1. The summed E-state index contributed by atoms with van der Waals surface area (Å²) in [6, 6.07) is 12.4. The molecule has 0 aliphatic heterocycles. The number of hydrogen-bond acceptors (Lipinski definition) is 1. The minimum atomic E-state index is -0.218.